The van der Waals surface area contributed by atoms with Crippen LogP contribution in [0.3, 0.4) is 0 Å². The summed E-state index contributed by atoms with van der Waals surface area (Å²) in [4.78, 5) is 0. The van der Waals surface area contributed by atoms with Gasteiger partial charge in [0.25, 0.3) is 0 Å². The summed E-state index contributed by atoms with van der Waals surface area (Å²) in [5.41, 5.74) is -13.8. The summed E-state index contributed by atoms with van der Waals surface area (Å²) in [5.74, 6) is 0. The number of benzene rings is 2. The normalized spacial score (nSPS) is 21.2. The van der Waals surface area contributed by atoms with Crippen molar-refractivity contribution < 1.29 is 61.5 Å². The summed E-state index contributed by atoms with van der Waals surface area (Å²) in [6.45, 7) is 0. The van der Waals surface area contributed by atoms with Crippen molar-refractivity contribution in [1.82, 2.24) is 0 Å². The number of hydrogen-bond donors (Lipinski definition) is 0. The average molecular weight is 512 g/mol. The van der Waals surface area contributed by atoms with Gasteiger partial charge in [-0.2, -0.15) is 52.7 Å². The molecule has 1 spiro atoms. The van der Waals surface area contributed by atoms with Gasteiger partial charge in [0, 0.05) is 0 Å². The van der Waals surface area contributed by atoms with Crippen LogP contribution in [-0.2, 0) is 20.1 Å². The van der Waals surface area contributed by atoms with Gasteiger partial charge < -0.3 is 8.85 Å². The van der Waals surface area contributed by atoms with E-state index in [1.54, 1.807) is 0 Å². The lowest BCUT2D eigenvalue weighted by Crippen LogP contribution is -2.64. The lowest BCUT2D eigenvalue weighted by Gasteiger charge is -2.46. The highest BCUT2D eigenvalue weighted by atomic mass is 28.4. The second-order valence-electron chi connectivity index (χ2n) is 7.27. The number of fused-ring (bicyclic) bond motifs is 4. The highest BCUT2D eigenvalue weighted by molar-refractivity contribution is 6.94. The van der Waals surface area contributed by atoms with Gasteiger partial charge >= 0.3 is 24.7 Å². The molecular weight excluding hydrogens is 504 g/mol. The van der Waals surface area contributed by atoms with Gasteiger partial charge in [-0.3, -0.25) is 0 Å². The molecule has 2 aromatic carbocycles. The summed E-state index contributed by atoms with van der Waals surface area (Å²) in [7, 11) is -5.90. The molecule has 2 aromatic rings. The van der Waals surface area contributed by atoms with Gasteiger partial charge in [-0.05, 0) is 11.1 Å². The van der Waals surface area contributed by atoms with Crippen molar-refractivity contribution in [3.63, 3.8) is 0 Å². The summed E-state index contributed by atoms with van der Waals surface area (Å²) < 4.78 is 176. The third kappa shape index (κ3) is 2.72. The summed E-state index contributed by atoms with van der Waals surface area (Å²) in [6.07, 6.45) is -25.2. The van der Waals surface area contributed by atoms with Gasteiger partial charge in [-0.15, -0.1) is 10.4 Å². The molecule has 2 nitrogen and oxygen atoms in total. The van der Waals surface area contributed by atoms with Crippen LogP contribution in [0.5, 0.6) is 0 Å². The lowest BCUT2D eigenvalue weighted by atomic mass is 9.92. The Kier molecular flexibility index (Phi) is 4.66. The maximum Gasteiger partial charge on any atom is 0.427 e. The van der Waals surface area contributed by atoms with E-state index < -0.39 is 66.0 Å². The summed E-state index contributed by atoms with van der Waals surface area (Å²) >= 11 is 0. The Morgan fingerprint density at radius 1 is 0.485 bits per heavy atom. The van der Waals surface area contributed by atoms with Crippen molar-refractivity contribution >= 4 is 18.9 Å². The first-order valence-corrected chi connectivity index (χ1v) is 10.6. The molecule has 0 atom stereocenters. The van der Waals surface area contributed by atoms with E-state index in [9.17, 15) is 52.7 Å². The number of halogens is 12. The van der Waals surface area contributed by atoms with E-state index in [4.69, 9.17) is 0 Å². The van der Waals surface area contributed by atoms with E-state index in [1.807, 2.05) is 0 Å². The molecule has 0 bridgehead atoms. The first-order chi connectivity index (χ1) is 14.9. The topological polar surface area (TPSA) is 18.5 Å². The third-order valence-electron chi connectivity index (χ3n) is 5.51. The van der Waals surface area contributed by atoms with Crippen LogP contribution in [0.15, 0.2) is 48.5 Å². The molecule has 2 aliphatic heterocycles. The zero-order chi connectivity index (χ0) is 24.9. The Morgan fingerprint density at radius 2 is 0.758 bits per heavy atom. The van der Waals surface area contributed by atoms with Crippen molar-refractivity contribution in [2.24, 2.45) is 0 Å². The Hall–Kier alpha value is -2.26. The molecule has 0 radical (unpaired) electrons. The van der Waals surface area contributed by atoms with E-state index in [-0.39, 0.29) is 0 Å². The Labute approximate surface area is 177 Å². The van der Waals surface area contributed by atoms with Crippen LogP contribution in [0, 0.1) is 0 Å². The first-order valence-electron chi connectivity index (χ1n) is 8.74. The standard InChI is InChI=1S/C18H8F12O2Si/c19-15(20,21)13(16(22,23)24)9-5-1-3-7-11(9)33(31-13)12-8-4-2-6-10(12)14(32-33,17(25,26)27)18(28,29)30/h1-8H/q-1. The monoisotopic (exact) mass is 512 g/mol. The fraction of sp³-hybridized carbons (Fsp3) is 0.333. The minimum atomic E-state index is -6.31. The van der Waals surface area contributed by atoms with Gasteiger partial charge in [0.15, 0.2) is 8.56 Å². The van der Waals surface area contributed by atoms with Crippen LogP contribution < -0.4 is 10.4 Å². The van der Waals surface area contributed by atoms with Gasteiger partial charge in [0.1, 0.15) is 0 Å². The largest absolute Gasteiger partial charge is 0.517 e. The molecule has 0 amide bonds. The minimum absolute atomic E-state index is 0.297. The molecule has 15 heteroatoms. The second kappa shape index (κ2) is 6.44. The molecule has 4 rings (SSSR count). The maximum absolute atomic E-state index is 13.9. The molecule has 33 heavy (non-hydrogen) atoms. The molecule has 2 heterocycles. The van der Waals surface area contributed by atoms with Gasteiger partial charge in [-0.25, -0.2) is 0 Å². The van der Waals surface area contributed by atoms with E-state index in [2.05, 4.69) is 8.85 Å². The Balaban J connectivity index is 2.15. The molecule has 0 saturated heterocycles. The molecular formula is C18H8F12O2Si-. The number of rotatable bonds is 0. The highest BCUT2D eigenvalue weighted by Crippen LogP contribution is 2.62. The van der Waals surface area contributed by atoms with Gasteiger partial charge in [0.05, 0.1) is 0 Å². The zero-order valence-electron chi connectivity index (χ0n) is 15.5. The van der Waals surface area contributed by atoms with E-state index >= 15 is 0 Å². The smallest absolute Gasteiger partial charge is 0.427 e. The molecule has 0 N–H and O–H groups in total. The van der Waals surface area contributed by atoms with Gasteiger partial charge in [0.2, 0.25) is 11.2 Å². The molecule has 0 aliphatic carbocycles. The molecule has 0 saturated carbocycles. The van der Waals surface area contributed by atoms with Crippen LogP contribution in [-0.4, -0.2) is 33.3 Å². The number of alkyl halides is 12. The molecule has 0 fully saturated rings. The Morgan fingerprint density at radius 3 is 1.03 bits per heavy atom. The average Bonchev–Trinajstić information content (AvgIpc) is 3.14. The van der Waals surface area contributed by atoms with E-state index in [0.29, 0.717) is 24.3 Å². The fourth-order valence-electron chi connectivity index (χ4n) is 4.24. The van der Waals surface area contributed by atoms with E-state index in [1.165, 1.54) is 0 Å². The van der Waals surface area contributed by atoms with Crippen molar-refractivity contribution in [3.05, 3.63) is 59.7 Å². The zero-order valence-corrected chi connectivity index (χ0v) is 16.5. The van der Waals surface area contributed by atoms with Crippen LogP contribution in [0.2, 0.25) is 0 Å². The predicted octanol–water partition coefficient (Wildman–Crippen LogP) is 4.94. The molecule has 0 aromatic heterocycles. The van der Waals surface area contributed by atoms with Crippen molar-refractivity contribution in [2.45, 2.75) is 35.9 Å². The highest BCUT2D eigenvalue weighted by Gasteiger charge is 2.81. The predicted molar refractivity (Wildman–Crippen MR) is 87.7 cm³/mol. The third-order valence-corrected chi connectivity index (χ3v) is 8.99. The van der Waals surface area contributed by atoms with Crippen LogP contribution in [0.4, 0.5) is 52.7 Å². The molecule has 0 unspecified atom stereocenters. The van der Waals surface area contributed by atoms with Crippen molar-refractivity contribution in [1.29, 1.82) is 0 Å². The van der Waals surface area contributed by atoms with Crippen molar-refractivity contribution in [3.8, 4) is 0 Å². The molecule has 2 aliphatic rings. The Bertz CT molecular complexity index is 984. The van der Waals surface area contributed by atoms with Crippen molar-refractivity contribution in [2.75, 3.05) is 0 Å². The summed E-state index contributed by atoms with van der Waals surface area (Å²) in [6, 6.07) is 4.89. The summed E-state index contributed by atoms with van der Waals surface area (Å²) in [5, 5.41) is -2.30. The van der Waals surface area contributed by atoms with Crippen LogP contribution in [0.1, 0.15) is 11.1 Å². The SMILES string of the molecule is FC(F)(F)C1(C(F)(F)F)O[Si-]2(OC(C(F)(F)F)(C(F)(F)F)c3ccccc32)c2ccccc21. The first kappa shape index (κ1) is 23.9. The van der Waals surface area contributed by atoms with Gasteiger partial charge in [-0.1, -0.05) is 48.5 Å². The molecule has 181 valence electrons. The fourth-order valence-corrected chi connectivity index (χ4v) is 8.42. The quantitative estimate of drug-likeness (QED) is 0.368. The minimum Gasteiger partial charge on any atom is -0.517 e. The second-order valence-corrected chi connectivity index (χ2v) is 9.98. The maximum atomic E-state index is 13.9. The number of hydrogen-bond acceptors (Lipinski definition) is 2. The van der Waals surface area contributed by atoms with Crippen LogP contribution >= 0.6 is 0 Å². The van der Waals surface area contributed by atoms with Crippen LogP contribution in [0.25, 0.3) is 0 Å². The van der Waals surface area contributed by atoms with E-state index in [0.717, 1.165) is 24.3 Å². The lowest BCUT2D eigenvalue weighted by molar-refractivity contribution is -0.381.